The predicted octanol–water partition coefficient (Wildman–Crippen LogP) is 7.30. The molecule has 1 saturated carbocycles. The summed E-state index contributed by atoms with van der Waals surface area (Å²) in [6.07, 6.45) is 20.1. The Morgan fingerprint density at radius 2 is 1.84 bits per heavy atom. The third-order valence-corrected chi connectivity index (χ3v) is 11.2. The first-order valence-electron chi connectivity index (χ1n) is 14.1. The van der Waals surface area contributed by atoms with Gasteiger partial charge < -0.3 is 9.47 Å². The molecule has 7 atom stereocenters. The van der Waals surface area contributed by atoms with Crippen LogP contribution in [0, 0.1) is 23.2 Å². The molecule has 1 saturated heterocycles. The van der Waals surface area contributed by atoms with Gasteiger partial charge in [-0.1, -0.05) is 46.3 Å². The fraction of sp³-hybridized carbons (Fsp3) is 0.733. The second-order valence-corrected chi connectivity index (χ2v) is 11.9. The van der Waals surface area contributed by atoms with Crippen LogP contribution in [0.1, 0.15) is 114 Å². The highest BCUT2D eigenvalue weighted by molar-refractivity contribution is 5.52. The van der Waals surface area contributed by atoms with Gasteiger partial charge in [-0.05, 0) is 87.2 Å². The largest absolute Gasteiger partial charge is 0.345 e. The quantitative estimate of drug-likeness (QED) is 0.487. The maximum atomic E-state index is 2.90. The van der Waals surface area contributed by atoms with Crippen LogP contribution < -0.4 is 0 Å². The lowest BCUT2D eigenvalue weighted by atomic mass is 9.64. The first kappa shape index (κ1) is 20.0. The Labute approximate surface area is 195 Å². The van der Waals surface area contributed by atoms with E-state index >= 15 is 0 Å². The summed E-state index contributed by atoms with van der Waals surface area (Å²) >= 11 is 0. The van der Waals surface area contributed by atoms with Crippen LogP contribution in [-0.4, -0.2) is 15.5 Å². The van der Waals surface area contributed by atoms with Crippen molar-refractivity contribution < 1.29 is 0 Å². The van der Waals surface area contributed by atoms with Gasteiger partial charge in [-0.15, -0.1) is 0 Å². The van der Waals surface area contributed by atoms with E-state index in [9.17, 15) is 0 Å². The highest BCUT2D eigenvalue weighted by atomic mass is 15.3. The Morgan fingerprint density at radius 1 is 0.969 bits per heavy atom. The molecule has 2 heteroatoms. The summed E-state index contributed by atoms with van der Waals surface area (Å²) in [7, 11) is 0. The lowest BCUT2D eigenvalue weighted by molar-refractivity contribution is 0.221. The van der Waals surface area contributed by atoms with Crippen molar-refractivity contribution in [2.24, 2.45) is 23.2 Å². The zero-order valence-corrected chi connectivity index (χ0v) is 20.8. The fourth-order valence-electron chi connectivity index (χ4n) is 10.3. The molecule has 6 aliphatic rings. The number of nitrogens with zero attached hydrogens (tertiary/aromatic N) is 2. The first-order chi connectivity index (χ1) is 15.7. The van der Waals surface area contributed by atoms with E-state index in [-0.39, 0.29) is 0 Å². The zero-order valence-electron chi connectivity index (χ0n) is 20.8. The number of hydrogen-bond donors (Lipinski definition) is 0. The minimum absolute atomic E-state index is 0.334. The molecule has 2 fully saturated rings. The van der Waals surface area contributed by atoms with Gasteiger partial charge in [-0.2, -0.15) is 0 Å². The second kappa shape index (κ2) is 6.80. The third-order valence-electron chi connectivity index (χ3n) is 11.2. The second-order valence-electron chi connectivity index (χ2n) is 11.9. The van der Waals surface area contributed by atoms with Gasteiger partial charge in [0.1, 0.15) is 0 Å². The molecule has 0 unspecified atom stereocenters. The van der Waals surface area contributed by atoms with Gasteiger partial charge in [0.05, 0.1) is 0 Å². The molecular formula is C30H42N2. The van der Waals surface area contributed by atoms with E-state index in [1.807, 2.05) is 5.56 Å². The van der Waals surface area contributed by atoms with Gasteiger partial charge in [0.25, 0.3) is 0 Å². The molecule has 1 aromatic rings. The average molecular weight is 431 g/mol. The average Bonchev–Trinajstić information content (AvgIpc) is 3.59. The molecule has 5 aliphatic heterocycles. The molecule has 1 aromatic heterocycles. The van der Waals surface area contributed by atoms with E-state index in [2.05, 4.69) is 49.3 Å². The van der Waals surface area contributed by atoms with Crippen molar-refractivity contribution in [3.63, 3.8) is 0 Å². The van der Waals surface area contributed by atoms with Crippen LogP contribution in [0.2, 0.25) is 0 Å². The molecule has 0 spiro atoms. The number of rotatable bonds is 4. The Hall–Kier alpha value is -1.44. The molecule has 1 aliphatic carbocycles. The lowest BCUT2D eigenvalue weighted by Gasteiger charge is -2.42. The number of hydrogen-bond acceptors (Lipinski definition) is 1. The van der Waals surface area contributed by atoms with Gasteiger partial charge in [0.2, 0.25) is 0 Å². The van der Waals surface area contributed by atoms with Crippen molar-refractivity contribution >= 4 is 0 Å². The maximum Gasteiger partial charge on any atom is 0.0374 e. The van der Waals surface area contributed by atoms with E-state index in [1.54, 1.807) is 28.3 Å². The van der Waals surface area contributed by atoms with Crippen LogP contribution >= 0.6 is 0 Å². The third kappa shape index (κ3) is 2.10. The summed E-state index contributed by atoms with van der Waals surface area (Å²) < 4.78 is 2.90. The van der Waals surface area contributed by atoms with E-state index in [1.165, 1.54) is 70.6 Å². The van der Waals surface area contributed by atoms with Crippen LogP contribution in [0.15, 0.2) is 23.5 Å². The lowest BCUT2D eigenvalue weighted by Crippen LogP contribution is -2.37. The minimum atomic E-state index is 0.334. The zero-order chi connectivity index (χ0) is 21.8. The first-order valence-corrected chi connectivity index (χ1v) is 14.1. The summed E-state index contributed by atoms with van der Waals surface area (Å²) in [6.45, 7) is 10.1. The molecule has 0 radical (unpaired) electrons. The molecule has 6 heterocycles. The molecular weight excluding hydrogens is 388 g/mol. The minimum Gasteiger partial charge on any atom is -0.345 e. The number of fused-ring (bicyclic) bond motifs is 3. The Bertz CT molecular complexity index is 1020. The van der Waals surface area contributed by atoms with Crippen molar-refractivity contribution in [3.05, 3.63) is 46.1 Å². The van der Waals surface area contributed by atoms with Crippen LogP contribution in [-0.2, 0) is 19.3 Å². The van der Waals surface area contributed by atoms with Gasteiger partial charge in [0.15, 0.2) is 0 Å². The Morgan fingerprint density at radius 3 is 2.62 bits per heavy atom. The molecule has 172 valence electrons. The van der Waals surface area contributed by atoms with Crippen LogP contribution in [0.25, 0.3) is 0 Å². The summed E-state index contributed by atoms with van der Waals surface area (Å²) in [5.41, 5.74) is 11.1. The van der Waals surface area contributed by atoms with Crippen LogP contribution in [0.4, 0.5) is 0 Å². The number of aromatic nitrogens is 1. The van der Waals surface area contributed by atoms with Crippen LogP contribution in [0.3, 0.4) is 0 Å². The Kier molecular flexibility index (Phi) is 4.24. The summed E-state index contributed by atoms with van der Waals surface area (Å²) in [6, 6.07) is 1.58. The highest BCUT2D eigenvalue weighted by Gasteiger charge is 2.68. The normalized spacial score (nSPS) is 40.9. The van der Waals surface area contributed by atoms with E-state index in [4.69, 9.17) is 0 Å². The van der Waals surface area contributed by atoms with E-state index in [0.717, 1.165) is 29.8 Å². The molecule has 0 amide bonds. The van der Waals surface area contributed by atoms with Crippen molar-refractivity contribution in [1.29, 1.82) is 0 Å². The smallest absolute Gasteiger partial charge is 0.0374 e. The monoisotopic (exact) mass is 430 g/mol. The fourth-order valence-corrected chi connectivity index (χ4v) is 10.3. The van der Waals surface area contributed by atoms with Crippen molar-refractivity contribution in [1.82, 2.24) is 9.47 Å². The summed E-state index contributed by atoms with van der Waals surface area (Å²) in [5, 5.41) is 0. The van der Waals surface area contributed by atoms with Crippen molar-refractivity contribution in [2.75, 3.05) is 0 Å². The van der Waals surface area contributed by atoms with Gasteiger partial charge in [0, 0.05) is 52.1 Å². The van der Waals surface area contributed by atoms with Gasteiger partial charge in [-0.3, -0.25) is 0 Å². The van der Waals surface area contributed by atoms with Crippen LogP contribution in [0.5, 0.6) is 0 Å². The van der Waals surface area contributed by atoms with E-state index < -0.39 is 0 Å². The topological polar surface area (TPSA) is 8.17 Å². The van der Waals surface area contributed by atoms with E-state index in [0.29, 0.717) is 11.3 Å². The molecule has 0 bridgehead atoms. The van der Waals surface area contributed by atoms with Crippen molar-refractivity contribution in [3.8, 4) is 0 Å². The molecule has 0 N–H and O–H groups in total. The number of allylic oxidation sites excluding steroid dienone is 3. The summed E-state index contributed by atoms with van der Waals surface area (Å²) in [5.74, 6) is 3.06. The molecule has 7 rings (SSSR count). The molecule has 0 aromatic carbocycles. The standard InChI is InChI=1S/C30H42N2/c1-5-21-18(4)28(27-22(6-2)23-12-8-10-19-14-16-24(27)31(19)23)30(7-3)26-13-9-11-20-15-17-25(29(21)30)32(20)26/h13,17-21,28-29H,5-12,14-16H2,1-4H3/t18-,19-,20-,21-,28-,29-,30-/m1/s1. The van der Waals surface area contributed by atoms with Gasteiger partial charge in [-0.25, -0.2) is 0 Å². The predicted molar refractivity (Wildman–Crippen MR) is 132 cm³/mol. The summed E-state index contributed by atoms with van der Waals surface area (Å²) in [4.78, 5) is 2.89. The van der Waals surface area contributed by atoms with Crippen molar-refractivity contribution in [2.45, 2.75) is 116 Å². The highest BCUT2D eigenvalue weighted by Crippen LogP contribution is 2.74. The maximum absolute atomic E-state index is 2.90. The molecule has 32 heavy (non-hydrogen) atoms. The molecule has 2 nitrogen and oxygen atoms in total. The van der Waals surface area contributed by atoms with Gasteiger partial charge >= 0.3 is 0 Å². The Balaban J connectivity index is 1.50. The SMILES string of the molecule is CCc1c([C@H]2[C@H](C)[C@@H](CC)[C@@H]3C4=CC[C@H]5CCC=C(N45)[C@@]32CC)c2n3c1CCC[C@@H]3CC2.